The van der Waals surface area contributed by atoms with E-state index < -0.39 is 0 Å². The Morgan fingerprint density at radius 2 is 2.31 bits per heavy atom. The normalized spacial score (nSPS) is 12.8. The van der Waals surface area contributed by atoms with Gasteiger partial charge in [-0.05, 0) is 31.9 Å². The highest BCUT2D eigenvalue weighted by atomic mass is 16.4. The van der Waals surface area contributed by atoms with Gasteiger partial charge in [-0.1, -0.05) is 6.92 Å². The molecule has 1 aromatic rings. The summed E-state index contributed by atoms with van der Waals surface area (Å²) in [6, 6.07) is 3.90. The molecule has 13 heavy (non-hydrogen) atoms. The zero-order valence-corrected chi connectivity index (χ0v) is 8.34. The molecule has 74 valence electrons. The van der Waals surface area contributed by atoms with Crippen LogP contribution in [-0.2, 0) is 0 Å². The number of rotatable bonds is 5. The van der Waals surface area contributed by atoms with E-state index >= 15 is 0 Å². The zero-order valence-electron chi connectivity index (χ0n) is 8.34. The van der Waals surface area contributed by atoms with Crippen molar-refractivity contribution in [3.05, 3.63) is 17.9 Å². The Hall–Kier alpha value is -0.960. The number of hydrogen-bond donors (Lipinski definition) is 2. The molecule has 0 aliphatic carbocycles. The molecule has 0 amide bonds. The number of nitrogens with two attached hydrogens (primary N) is 1. The van der Waals surface area contributed by atoms with E-state index in [1.807, 2.05) is 19.1 Å². The van der Waals surface area contributed by atoms with Crippen LogP contribution in [0, 0.1) is 12.8 Å². The van der Waals surface area contributed by atoms with Crippen molar-refractivity contribution in [3.8, 4) is 0 Å². The van der Waals surface area contributed by atoms with Gasteiger partial charge in [-0.2, -0.15) is 0 Å². The van der Waals surface area contributed by atoms with Gasteiger partial charge in [0.25, 0.3) is 0 Å². The van der Waals surface area contributed by atoms with Gasteiger partial charge in [0.1, 0.15) is 5.76 Å². The standard InChI is InChI=1S/C10H18N2O/c1-8(7-11)5-6-12-10-4-3-9(2)13-10/h3-4,8,12H,5-7,11H2,1-2H3. The highest BCUT2D eigenvalue weighted by Gasteiger charge is 2.00. The molecule has 0 aliphatic rings. The van der Waals surface area contributed by atoms with Crippen LogP contribution in [0.2, 0.25) is 0 Å². The van der Waals surface area contributed by atoms with Crippen molar-refractivity contribution < 1.29 is 4.42 Å². The summed E-state index contributed by atoms with van der Waals surface area (Å²) < 4.78 is 5.36. The fourth-order valence-electron chi connectivity index (χ4n) is 1.09. The lowest BCUT2D eigenvalue weighted by atomic mass is 10.1. The number of nitrogens with one attached hydrogen (secondary N) is 1. The number of anilines is 1. The molecule has 0 saturated heterocycles. The van der Waals surface area contributed by atoms with E-state index in [0.717, 1.165) is 31.2 Å². The minimum absolute atomic E-state index is 0.573. The first-order chi connectivity index (χ1) is 6.22. The molecular weight excluding hydrogens is 164 g/mol. The first-order valence-electron chi connectivity index (χ1n) is 4.72. The molecule has 1 rings (SSSR count). The van der Waals surface area contributed by atoms with Crippen LogP contribution >= 0.6 is 0 Å². The Labute approximate surface area is 79.3 Å². The summed E-state index contributed by atoms with van der Waals surface area (Å²) in [6.45, 7) is 5.76. The lowest BCUT2D eigenvalue weighted by Crippen LogP contribution is -2.14. The van der Waals surface area contributed by atoms with Gasteiger partial charge >= 0.3 is 0 Å². The number of aryl methyl sites for hydroxylation is 1. The van der Waals surface area contributed by atoms with Crippen LogP contribution < -0.4 is 11.1 Å². The lowest BCUT2D eigenvalue weighted by molar-refractivity contribution is 0.529. The predicted molar refractivity (Wildman–Crippen MR) is 54.8 cm³/mol. The molecule has 0 fully saturated rings. The summed E-state index contributed by atoms with van der Waals surface area (Å²) >= 11 is 0. The summed E-state index contributed by atoms with van der Waals surface area (Å²) in [5, 5.41) is 3.21. The van der Waals surface area contributed by atoms with Crippen LogP contribution in [0.5, 0.6) is 0 Å². The Morgan fingerprint density at radius 1 is 1.54 bits per heavy atom. The van der Waals surface area contributed by atoms with Crippen molar-refractivity contribution in [3.63, 3.8) is 0 Å². The van der Waals surface area contributed by atoms with Crippen LogP contribution in [0.25, 0.3) is 0 Å². The van der Waals surface area contributed by atoms with E-state index in [1.165, 1.54) is 0 Å². The molecule has 0 radical (unpaired) electrons. The van der Waals surface area contributed by atoms with Crippen molar-refractivity contribution in [2.24, 2.45) is 11.7 Å². The second-order valence-electron chi connectivity index (χ2n) is 3.47. The van der Waals surface area contributed by atoms with Gasteiger partial charge in [-0.15, -0.1) is 0 Å². The maximum absolute atomic E-state index is 5.50. The fourth-order valence-corrected chi connectivity index (χ4v) is 1.09. The molecular formula is C10H18N2O. The van der Waals surface area contributed by atoms with E-state index in [0.29, 0.717) is 5.92 Å². The average Bonchev–Trinajstić information content (AvgIpc) is 2.51. The summed E-state index contributed by atoms with van der Waals surface area (Å²) in [7, 11) is 0. The highest BCUT2D eigenvalue weighted by molar-refractivity contribution is 5.31. The van der Waals surface area contributed by atoms with Crippen molar-refractivity contribution in [1.29, 1.82) is 0 Å². The van der Waals surface area contributed by atoms with Crippen LogP contribution in [-0.4, -0.2) is 13.1 Å². The third-order valence-electron chi connectivity index (χ3n) is 2.08. The zero-order chi connectivity index (χ0) is 9.68. The van der Waals surface area contributed by atoms with E-state index in [4.69, 9.17) is 10.2 Å². The lowest BCUT2D eigenvalue weighted by Gasteiger charge is -2.07. The minimum Gasteiger partial charge on any atom is -0.446 e. The van der Waals surface area contributed by atoms with Gasteiger partial charge in [0, 0.05) is 12.6 Å². The first kappa shape index (κ1) is 10.1. The van der Waals surface area contributed by atoms with E-state index in [9.17, 15) is 0 Å². The van der Waals surface area contributed by atoms with Gasteiger partial charge in [0.05, 0.1) is 0 Å². The molecule has 1 atom stereocenters. The van der Waals surface area contributed by atoms with Crippen molar-refractivity contribution >= 4 is 5.88 Å². The van der Waals surface area contributed by atoms with Crippen molar-refractivity contribution in [2.75, 3.05) is 18.4 Å². The number of furan rings is 1. The van der Waals surface area contributed by atoms with E-state index in [2.05, 4.69) is 12.2 Å². The Morgan fingerprint density at radius 3 is 2.85 bits per heavy atom. The smallest absolute Gasteiger partial charge is 0.193 e. The molecule has 3 heteroatoms. The molecule has 3 N–H and O–H groups in total. The topological polar surface area (TPSA) is 51.2 Å². The van der Waals surface area contributed by atoms with E-state index in [-0.39, 0.29) is 0 Å². The summed E-state index contributed by atoms with van der Waals surface area (Å²) in [4.78, 5) is 0. The quantitative estimate of drug-likeness (QED) is 0.732. The molecule has 0 aromatic carbocycles. The summed E-state index contributed by atoms with van der Waals surface area (Å²) in [5.74, 6) is 2.36. The van der Waals surface area contributed by atoms with Gasteiger partial charge in [0.2, 0.25) is 0 Å². The monoisotopic (exact) mass is 182 g/mol. The van der Waals surface area contributed by atoms with Crippen LogP contribution in [0.1, 0.15) is 19.1 Å². The molecule has 0 bridgehead atoms. The first-order valence-corrected chi connectivity index (χ1v) is 4.72. The Balaban J connectivity index is 2.20. The summed E-state index contributed by atoms with van der Waals surface area (Å²) in [6.07, 6.45) is 1.08. The molecule has 3 nitrogen and oxygen atoms in total. The van der Waals surface area contributed by atoms with Gasteiger partial charge in [0.15, 0.2) is 5.88 Å². The molecule has 0 saturated carbocycles. The van der Waals surface area contributed by atoms with Crippen molar-refractivity contribution in [1.82, 2.24) is 0 Å². The van der Waals surface area contributed by atoms with E-state index in [1.54, 1.807) is 0 Å². The Bertz CT molecular complexity index is 245. The largest absolute Gasteiger partial charge is 0.446 e. The predicted octanol–water partition coefficient (Wildman–Crippen LogP) is 1.98. The van der Waals surface area contributed by atoms with Crippen LogP contribution in [0.3, 0.4) is 0 Å². The van der Waals surface area contributed by atoms with Crippen LogP contribution in [0.15, 0.2) is 16.5 Å². The average molecular weight is 182 g/mol. The van der Waals surface area contributed by atoms with Gasteiger partial charge in [-0.25, -0.2) is 0 Å². The molecule has 0 spiro atoms. The molecule has 0 aliphatic heterocycles. The Kier molecular flexibility index (Phi) is 3.83. The maximum Gasteiger partial charge on any atom is 0.193 e. The third-order valence-corrected chi connectivity index (χ3v) is 2.08. The minimum atomic E-state index is 0.573. The van der Waals surface area contributed by atoms with Crippen molar-refractivity contribution in [2.45, 2.75) is 20.3 Å². The van der Waals surface area contributed by atoms with Gasteiger partial charge < -0.3 is 15.5 Å². The summed E-state index contributed by atoms with van der Waals surface area (Å²) in [5.41, 5.74) is 5.50. The maximum atomic E-state index is 5.50. The van der Waals surface area contributed by atoms with Crippen LogP contribution in [0.4, 0.5) is 5.88 Å². The number of hydrogen-bond acceptors (Lipinski definition) is 3. The fraction of sp³-hybridized carbons (Fsp3) is 0.600. The molecule has 1 heterocycles. The third kappa shape index (κ3) is 3.51. The molecule has 1 aromatic heterocycles. The van der Waals surface area contributed by atoms with Gasteiger partial charge in [-0.3, -0.25) is 0 Å². The second-order valence-corrected chi connectivity index (χ2v) is 3.47. The molecule has 1 unspecified atom stereocenters. The second kappa shape index (κ2) is 4.92. The highest BCUT2D eigenvalue weighted by Crippen LogP contribution is 2.12. The SMILES string of the molecule is Cc1ccc(NCCC(C)CN)o1.